The summed E-state index contributed by atoms with van der Waals surface area (Å²) in [7, 11) is 1.97. The average Bonchev–Trinajstić information content (AvgIpc) is 3.02. The summed E-state index contributed by atoms with van der Waals surface area (Å²) in [5.74, 6) is 0. The molecule has 98 valence electrons. The first kappa shape index (κ1) is 11.5. The zero-order chi connectivity index (χ0) is 13.7. The van der Waals surface area contributed by atoms with Gasteiger partial charge in [0, 0.05) is 24.4 Å². The fraction of sp³-hybridized carbons (Fsp3) is 0.111. The Morgan fingerprint density at radius 2 is 1.35 bits per heavy atom. The van der Waals surface area contributed by atoms with E-state index >= 15 is 0 Å². The van der Waals surface area contributed by atoms with Gasteiger partial charge < -0.3 is 9.67 Å². The Labute approximate surface area is 117 Å². The van der Waals surface area contributed by atoms with E-state index < -0.39 is 5.60 Å². The van der Waals surface area contributed by atoms with Gasteiger partial charge in [-0.05, 0) is 23.3 Å². The van der Waals surface area contributed by atoms with Crippen molar-refractivity contribution >= 4 is 0 Å². The molecule has 1 aromatic heterocycles. The maximum Gasteiger partial charge on any atom is 0.156 e. The highest BCUT2D eigenvalue weighted by Crippen LogP contribution is 2.50. The van der Waals surface area contributed by atoms with E-state index in [4.69, 9.17) is 0 Å². The minimum absolute atomic E-state index is 0.898. The van der Waals surface area contributed by atoms with Crippen LogP contribution in [0, 0.1) is 0 Å². The van der Waals surface area contributed by atoms with Crippen LogP contribution in [-0.2, 0) is 12.6 Å². The molecule has 0 aliphatic heterocycles. The van der Waals surface area contributed by atoms with E-state index in [9.17, 15) is 5.11 Å². The standard InChI is InChI=1S/C18H15NO/c1-19-12-6-11-17(19)18(20)15-9-4-2-7-13(15)14-8-3-5-10-16(14)18/h2-12,20H,1H3. The van der Waals surface area contributed by atoms with Crippen LogP contribution in [0.5, 0.6) is 0 Å². The number of aryl methyl sites for hydroxylation is 1. The number of fused-ring (bicyclic) bond motifs is 3. The summed E-state index contributed by atoms with van der Waals surface area (Å²) < 4.78 is 1.98. The van der Waals surface area contributed by atoms with E-state index in [1.807, 2.05) is 66.3 Å². The second-order valence-corrected chi connectivity index (χ2v) is 5.31. The summed E-state index contributed by atoms with van der Waals surface area (Å²) in [6, 6.07) is 20.2. The van der Waals surface area contributed by atoms with Gasteiger partial charge in [0.15, 0.2) is 5.60 Å². The number of aromatic nitrogens is 1. The first-order chi connectivity index (χ1) is 9.73. The predicted octanol–water partition coefficient (Wildman–Crippen LogP) is 3.29. The molecule has 0 amide bonds. The van der Waals surface area contributed by atoms with Crippen LogP contribution in [0.4, 0.5) is 0 Å². The molecule has 0 unspecified atom stereocenters. The summed E-state index contributed by atoms with van der Waals surface area (Å²) in [5.41, 5.74) is 3.99. The van der Waals surface area contributed by atoms with Crippen molar-refractivity contribution in [3.8, 4) is 11.1 Å². The van der Waals surface area contributed by atoms with Crippen LogP contribution in [0.3, 0.4) is 0 Å². The van der Waals surface area contributed by atoms with E-state index in [0.29, 0.717) is 0 Å². The maximum absolute atomic E-state index is 11.5. The molecule has 1 N–H and O–H groups in total. The predicted molar refractivity (Wildman–Crippen MR) is 79.4 cm³/mol. The van der Waals surface area contributed by atoms with Gasteiger partial charge in [-0.1, -0.05) is 48.5 Å². The Balaban J connectivity index is 2.13. The molecule has 1 heterocycles. The zero-order valence-electron chi connectivity index (χ0n) is 11.2. The molecule has 20 heavy (non-hydrogen) atoms. The van der Waals surface area contributed by atoms with E-state index in [1.165, 1.54) is 0 Å². The van der Waals surface area contributed by atoms with Gasteiger partial charge in [0.05, 0.1) is 5.69 Å². The van der Waals surface area contributed by atoms with Crippen molar-refractivity contribution in [1.29, 1.82) is 0 Å². The Morgan fingerprint density at radius 1 is 0.800 bits per heavy atom. The number of rotatable bonds is 1. The van der Waals surface area contributed by atoms with Crippen molar-refractivity contribution < 1.29 is 5.11 Å². The lowest BCUT2D eigenvalue weighted by Crippen LogP contribution is -2.28. The zero-order valence-corrected chi connectivity index (χ0v) is 11.2. The summed E-state index contributed by atoms with van der Waals surface area (Å²) in [5, 5.41) is 11.5. The third kappa shape index (κ3) is 1.27. The first-order valence-corrected chi connectivity index (χ1v) is 6.76. The van der Waals surface area contributed by atoms with Crippen LogP contribution in [0.25, 0.3) is 11.1 Å². The second-order valence-electron chi connectivity index (χ2n) is 5.31. The third-order valence-electron chi connectivity index (χ3n) is 4.24. The molecule has 0 saturated heterocycles. The summed E-state index contributed by atoms with van der Waals surface area (Å²) in [4.78, 5) is 0. The van der Waals surface area contributed by atoms with Gasteiger partial charge in [-0.15, -0.1) is 0 Å². The minimum atomic E-state index is -1.06. The number of hydrogen-bond acceptors (Lipinski definition) is 1. The first-order valence-electron chi connectivity index (χ1n) is 6.76. The van der Waals surface area contributed by atoms with Gasteiger partial charge in [0.1, 0.15) is 0 Å². The highest BCUT2D eigenvalue weighted by molar-refractivity contribution is 5.81. The van der Waals surface area contributed by atoms with Crippen LogP contribution >= 0.6 is 0 Å². The second kappa shape index (κ2) is 3.84. The molecule has 1 aliphatic rings. The van der Waals surface area contributed by atoms with Gasteiger partial charge >= 0.3 is 0 Å². The fourth-order valence-corrected chi connectivity index (χ4v) is 3.32. The fourth-order valence-electron chi connectivity index (χ4n) is 3.32. The SMILES string of the molecule is Cn1cccc1C1(O)c2ccccc2-c2ccccc21. The number of hydrogen-bond donors (Lipinski definition) is 1. The Hall–Kier alpha value is -2.32. The quantitative estimate of drug-likeness (QED) is 0.714. The molecule has 4 rings (SSSR count). The third-order valence-corrected chi connectivity index (χ3v) is 4.24. The Kier molecular flexibility index (Phi) is 2.21. The molecule has 2 nitrogen and oxygen atoms in total. The van der Waals surface area contributed by atoms with E-state index in [2.05, 4.69) is 12.1 Å². The minimum Gasteiger partial charge on any atom is -0.374 e. The lowest BCUT2D eigenvalue weighted by molar-refractivity contribution is 0.122. The molecule has 2 aromatic carbocycles. The largest absolute Gasteiger partial charge is 0.374 e. The molecule has 2 heteroatoms. The highest BCUT2D eigenvalue weighted by atomic mass is 16.3. The molecule has 0 radical (unpaired) electrons. The van der Waals surface area contributed by atoms with Crippen molar-refractivity contribution in [2.75, 3.05) is 0 Å². The lowest BCUT2D eigenvalue weighted by Gasteiger charge is -2.26. The summed E-state index contributed by atoms with van der Waals surface area (Å²) in [6.07, 6.45) is 1.97. The Bertz CT molecular complexity index is 755. The monoisotopic (exact) mass is 261 g/mol. The van der Waals surface area contributed by atoms with Gasteiger partial charge in [-0.25, -0.2) is 0 Å². The van der Waals surface area contributed by atoms with Crippen molar-refractivity contribution in [3.05, 3.63) is 83.7 Å². The van der Waals surface area contributed by atoms with E-state index in [-0.39, 0.29) is 0 Å². The van der Waals surface area contributed by atoms with Crippen molar-refractivity contribution in [2.45, 2.75) is 5.60 Å². The molecular weight excluding hydrogens is 246 g/mol. The van der Waals surface area contributed by atoms with Gasteiger partial charge in [-0.2, -0.15) is 0 Å². The smallest absolute Gasteiger partial charge is 0.156 e. The van der Waals surface area contributed by atoms with Crippen molar-refractivity contribution in [1.82, 2.24) is 4.57 Å². The lowest BCUT2D eigenvalue weighted by atomic mass is 9.88. The van der Waals surface area contributed by atoms with Crippen molar-refractivity contribution in [3.63, 3.8) is 0 Å². The molecule has 0 fully saturated rings. The van der Waals surface area contributed by atoms with Crippen LogP contribution in [0.15, 0.2) is 66.9 Å². The van der Waals surface area contributed by atoms with Gasteiger partial charge in [0.25, 0.3) is 0 Å². The van der Waals surface area contributed by atoms with Gasteiger partial charge in [-0.3, -0.25) is 0 Å². The van der Waals surface area contributed by atoms with Crippen LogP contribution in [-0.4, -0.2) is 9.67 Å². The maximum atomic E-state index is 11.5. The number of nitrogens with zero attached hydrogens (tertiary/aromatic N) is 1. The molecule has 0 bridgehead atoms. The van der Waals surface area contributed by atoms with E-state index in [1.54, 1.807) is 0 Å². The molecule has 0 spiro atoms. The highest BCUT2D eigenvalue weighted by Gasteiger charge is 2.44. The molecule has 3 aromatic rings. The van der Waals surface area contributed by atoms with Gasteiger partial charge in [0.2, 0.25) is 0 Å². The topological polar surface area (TPSA) is 25.2 Å². The number of aliphatic hydroxyl groups is 1. The average molecular weight is 261 g/mol. The number of benzene rings is 2. The van der Waals surface area contributed by atoms with Crippen LogP contribution in [0.2, 0.25) is 0 Å². The molecular formula is C18H15NO. The molecule has 0 saturated carbocycles. The van der Waals surface area contributed by atoms with Crippen LogP contribution < -0.4 is 0 Å². The summed E-state index contributed by atoms with van der Waals surface area (Å²) in [6.45, 7) is 0. The summed E-state index contributed by atoms with van der Waals surface area (Å²) >= 11 is 0. The van der Waals surface area contributed by atoms with Crippen molar-refractivity contribution in [2.24, 2.45) is 7.05 Å². The Morgan fingerprint density at radius 3 is 1.85 bits per heavy atom. The molecule has 1 aliphatic carbocycles. The van der Waals surface area contributed by atoms with Crippen LogP contribution in [0.1, 0.15) is 16.8 Å². The normalized spacial score (nSPS) is 14.9. The molecule has 0 atom stereocenters. The van der Waals surface area contributed by atoms with E-state index in [0.717, 1.165) is 27.9 Å².